The van der Waals surface area contributed by atoms with Gasteiger partial charge in [-0.3, -0.25) is 9.48 Å². The summed E-state index contributed by atoms with van der Waals surface area (Å²) in [6.07, 6.45) is 6.45. The van der Waals surface area contributed by atoms with Crippen LogP contribution < -0.4 is 0 Å². The highest BCUT2D eigenvalue weighted by molar-refractivity contribution is 5.77. The van der Waals surface area contributed by atoms with Crippen molar-refractivity contribution in [3.05, 3.63) is 53.3 Å². The van der Waals surface area contributed by atoms with Crippen molar-refractivity contribution in [2.45, 2.75) is 44.7 Å². The van der Waals surface area contributed by atoms with Crippen molar-refractivity contribution in [3.63, 3.8) is 0 Å². The van der Waals surface area contributed by atoms with Crippen LogP contribution in [0.1, 0.15) is 48.5 Å². The van der Waals surface area contributed by atoms with Crippen molar-refractivity contribution in [3.8, 4) is 0 Å². The Labute approximate surface area is 156 Å². The maximum absolute atomic E-state index is 12.9. The number of hydrogen-bond donors (Lipinski definition) is 0. The van der Waals surface area contributed by atoms with Crippen molar-refractivity contribution in [2.24, 2.45) is 7.05 Å². The Kier molecular flexibility index (Phi) is 6.09. The molecular formula is C21H30N4O. The number of piperidine rings is 1. The lowest BCUT2D eigenvalue weighted by molar-refractivity contribution is -0.135. The topological polar surface area (TPSA) is 41.4 Å². The van der Waals surface area contributed by atoms with Crippen LogP contribution in [0.4, 0.5) is 0 Å². The van der Waals surface area contributed by atoms with Gasteiger partial charge < -0.3 is 9.80 Å². The number of carbonyl (C=O) groups is 1. The standard InChI is InChI=1S/C21H30N4O/c1-23(2)16-17-7-9-18(10-8-17)20-6-4-5-15-25(20)21(26)12-11-19-13-14-22-24(19)3/h7-10,13-14,20H,4-6,11-12,15-16H2,1-3H3/t20-/m0/s1. The van der Waals surface area contributed by atoms with Gasteiger partial charge in [0.25, 0.3) is 0 Å². The molecule has 1 atom stereocenters. The Hall–Kier alpha value is -2.14. The highest BCUT2D eigenvalue weighted by atomic mass is 16.2. The molecule has 5 heteroatoms. The Bertz CT molecular complexity index is 720. The summed E-state index contributed by atoms with van der Waals surface area (Å²) in [5.41, 5.74) is 3.68. The molecule has 1 aliphatic heterocycles. The summed E-state index contributed by atoms with van der Waals surface area (Å²) < 4.78 is 1.85. The van der Waals surface area contributed by atoms with E-state index in [0.29, 0.717) is 6.42 Å². The molecule has 0 radical (unpaired) electrons. The molecule has 1 saturated heterocycles. The molecule has 0 N–H and O–H groups in total. The summed E-state index contributed by atoms with van der Waals surface area (Å²) in [6, 6.07) is 11.0. The second kappa shape index (κ2) is 8.49. The van der Waals surface area contributed by atoms with Crippen molar-refractivity contribution < 1.29 is 4.79 Å². The van der Waals surface area contributed by atoms with E-state index >= 15 is 0 Å². The molecule has 0 saturated carbocycles. The second-order valence-electron chi connectivity index (χ2n) is 7.52. The van der Waals surface area contributed by atoms with Crippen LogP contribution in [0.3, 0.4) is 0 Å². The molecule has 1 amide bonds. The van der Waals surface area contributed by atoms with Gasteiger partial charge in [-0.25, -0.2) is 0 Å². The van der Waals surface area contributed by atoms with E-state index in [0.717, 1.165) is 38.0 Å². The maximum atomic E-state index is 12.9. The summed E-state index contributed by atoms with van der Waals surface area (Å²) in [7, 11) is 6.09. The Balaban J connectivity index is 1.67. The van der Waals surface area contributed by atoms with Crippen LogP contribution in [0.2, 0.25) is 0 Å². The quantitative estimate of drug-likeness (QED) is 0.800. The Morgan fingerprint density at radius 2 is 1.96 bits per heavy atom. The van der Waals surface area contributed by atoms with Gasteiger partial charge in [-0.2, -0.15) is 5.10 Å². The fourth-order valence-corrected chi connectivity index (χ4v) is 3.81. The zero-order valence-corrected chi connectivity index (χ0v) is 16.2. The van der Waals surface area contributed by atoms with E-state index in [-0.39, 0.29) is 11.9 Å². The molecule has 0 bridgehead atoms. The van der Waals surface area contributed by atoms with Gasteiger partial charge in [-0.15, -0.1) is 0 Å². The average Bonchev–Trinajstić information content (AvgIpc) is 3.05. The lowest BCUT2D eigenvalue weighted by Crippen LogP contribution is -2.38. The van der Waals surface area contributed by atoms with E-state index in [1.165, 1.54) is 17.5 Å². The first-order valence-corrected chi connectivity index (χ1v) is 9.54. The number of carbonyl (C=O) groups excluding carboxylic acids is 1. The molecule has 26 heavy (non-hydrogen) atoms. The molecule has 2 heterocycles. The summed E-state index contributed by atoms with van der Waals surface area (Å²) in [5, 5.41) is 4.19. The third-order valence-corrected chi connectivity index (χ3v) is 5.20. The number of aromatic nitrogens is 2. The second-order valence-corrected chi connectivity index (χ2v) is 7.52. The normalized spacial score (nSPS) is 17.7. The van der Waals surface area contributed by atoms with Gasteiger partial charge in [0.1, 0.15) is 0 Å². The van der Waals surface area contributed by atoms with Crippen LogP contribution in [-0.2, 0) is 24.8 Å². The predicted molar refractivity (Wildman–Crippen MR) is 104 cm³/mol. The summed E-state index contributed by atoms with van der Waals surface area (Å²) >= 11 is 0. The summed E-state index contributed by atoms with van der Waals surface area (Å²) in [6.45, 7) is 1.81. The minimum atomic E-state index is 0.219. The average molecular weight is 354 g/mol. The van der Waals surface area contributed by atoms with Crippen LogP contribution in [-0.4, -0.2) is 46.1 Å². The number of aryl methyl sites for hydroxylation is 2. The molecule has 0 aliphatic carbocycles. The minimum Gasteiger partial charge on any atom is -0.336 e. The van der Waals surface area contributed by atoms with Gasteiger partial charge in [0.05, 0.1) is 6.04 Å². The highest BCUT2D eigenvalue weighted by Gasteiger charge is 2.27. The SMILES string of the molecule is CN(C)Cc1ccc([C@@H]2CCCCN2C(=O)CCc2ccnn2C)cc1. The fourth-order valence-electron chi connectivity index (χ4n) is 3.81. The van der Waals surface area contributed by atoms with Gasteiger partial charge in [0, 0.05) is 38.4 Å². The van der Waals surface area contributed by atoms with Gasteiger partial charge >= 0.3 is 0 Å². The molecule has 1 aliphatic rings. The first-order valence-electron chi connectivity index (χ1n) is 9.54. The molecule has 3 rings (SSSR count). The van der Waals surface area contributed by atoms with E-state index in [1.54, 1.807) is 6.20 Å². The summed E-state index contributed by atoms with van der Waals surface area (Å²) in [5.74, 6) is 0.258. The van der Waals surface area contributed by atoms with E-state index in [2.05, 4.69) is 53.3 Å². The number of amides is 1. The zero-order chi connectivity index (χ0) is 18.5. The Morgan fingerprint density at radius 3 is 2.62 bits per heavy atom. The third kappa shape index (κ3) is 4.52. The molecule has 140 valence electrons. The maximum Gasteiger partial charge on any atom is 0.223 e. The van der Waals surface area contributed by atoms with Gasteiger partial charge in [0.15, 0.2) is 0 Å². The molecule has 1 fully saturated rings. The molecule has 2 aromatic rings. The van der Waals surface area contributed by atoms with Crippen LogP contribution in [0.25, 0.3) is 0 Å². The highest BCUT2D eigenvalue weighted by Crippen LogP contribution is 2.31. The number of likely N-dealkylation sites (tertiary alicyclic amines) is 1. The summed E-state index contributed by atoms with van der Waals surface area (Å²) in [4.78, 5) is 17.2. The molecule has 1 aromatic carbocycles. The van der Waals surface area contributed by atoms with Crippen molar-refractivity contribution in [1.82, 2.24) is 19.6 Å². The number of benzene rings is 1. The van der Waals surface area contributed by atoms with E-state index < -0.39 is 0 Å². The van der Waals surface area contributed by atoms with Crippen LogP contribution in [0, 0.1) is 0 Å². The van der Waals surface area contributed by atoms with Gasteiger partial charge in [-0.05, 0) is 57.0 Å². The van der Waals surface area contributed by atoms with Crippen molar-refractivity contribution in [1.29, 1.82) is 0 Å². The van der Waals surface area contributed by atoms with Crippen LogP contribution in [0.15, 0.2) is 36.5 Å². The van der Waals surface area contributed by atoms with Gasteiger partial charge in [0.2, 0.25) is 5.91 Å². The first kappa shape index (κ1) is 18.6. The molecule has 0 unspecified atom stereocenters. The molecular weight excluding hydrogens is 324 g/mol. The van der Waals surface area contributed by atoms with Crippen LogP contribution >= 0.6 is 0 Å². The predicted octanol–water partition coefficient (Wildman–Crippen LogP) is 3.17. The fraction of sp³-hybridized carbons (Fsp3) is 0.524. The zero-order valence-electron chi connectivity index (χ0n) is 16.2. The lowest BCUT2D eigenvalue weighted by Gasteiger charge is -2.36. The monoisotopic (exact) mass is 354 g/mol. The molecule has 5 nitrogen and oxygen atoms in total. The van der Waals surface area contributed by atoms with Gasteiger partial charge in [-0.1, -0.05) is 24.3 Å². The lowest BCUT2D eigenvalue weighted by atomic mass is 9.94. The van der Waals surface area contributed by atoms with Crippen molar-refractivity contribution >= 4 is 5.91 Å². The number of hydrogen-bond acceptors (Lipinski definition) is 3. The molecule has 1 aromatic heterocycles. The minimum absolute atomic E-state index is 0.219. The van der Waals surface area contributed by atoms with E-state index in [9.17, 15) is 4.79 Å². The van der Waals surface area contributed by atoms with E-state index in [1.807, 2.05) is 17.8 Å². The smallest absolute Gasteiger partial charge is 0.223 e. The van der Waals surface area contributed by atoms with Crippen LogP contribution in [0.5, 0.6) is 0 Å². The van der Waals surface area contributed by atoms with E-state index in [4.69, 9.17) is 0 Å². The largest absolute Gasteiger partial charge is 0.336 e. The number of nitrogens with zero attached hydrogens (tertiary/aromatic N) is 4. The number of rotatable bonds is 6. The third-order valence-electron chi connectivity index (χ3n) is 5.20. The van der Waals surface area contributed by atoms with Crippen molar-refractivity contribution in [2.75, 3.05) is 20.6 Å². The Morgan fingerprint density at radius 1 is 1.19 bits per heavy atom. The first-order chi connectivity index (χ1) is 12.5. The molecule has 0 spiro atoms.